The summed E-state index contributed by atoms with van der Waals surface area (Å²) in [5.41, 5.74) is 5.74. The van der Waals surface area contributed by atoms with Gasteiger partial charge in [-0.25, -0.2) is 14.2 Å². The molecule has 0 saturated heterocycles. The summed E-state index contributed by atoms with van der Waals surface area (Å²) in [4.78, 5) is 50.5. The number of aromatic hydroxyl groups is 1. The monoisotopic (exact) mass is 480 g/mol. The number of aryl methyl sites for hydroxylation is 1. The summed E-state index contributed by atoms with van der Waals surface area (Å²) in [6, 6.07) is 10.5. The Hall–Kier alpha value is -4.54. The predicted octanol–water partition coefficient (Wildman–Crippen LogP) is 1.33. The van der Waals surface area contributed by atoms with Gasteiger partial charge in [-0.15, -0.1) is 0 Å². The van der Waals surface area contributed by atoms with E-state index in [9.17, 15) is 24.3 Å². The summed E-state index contributed by atoms with van der Waals surface area (Å²) in [5.74, 6) is -0.824. The first-order valence-electron chi connectivity index (χ1n) is 10.9. The van der Waals surface area contributed by atoms with Crippen LogP contribution in [0.3, 0.4) is 0 Å². The minimum absolute atomic E-state index is 0.101. The minimum atomic E-state index is -0.902. The van der Waals surface area contributed by atoms with Crippen LogP contribution in [-0.2, 0) is 23.0 Å². The second kappa shape index (κ2) is 9.37. The average molecular weight is 480 g/mol. The van der Waals surface area contributed by atoms with Gasteiger partial charge in [0.2, 0.25) is 0 Å². The lowest BCUT2D eigenvalue weighted by Crippen LogP contribution is -2.43. The third-order valence-electron chi connectivity index (χ3n) is 5.66. The molecule has 1 aliphatic rings. The number of carbonyl (C=O) groups excluding carboxylic acids is 2. The summed E-state index contributed by atoms with van der Waals surface area (Å²) < 4.78 is 12.6. The minimum Gasteiger partial charge on any atom is -0.508 e. The highest BCUT2D eigenvalue weighted by atomic mass is 16.5. The van der Waals surface area contributed by atoms with E-state index in [0.717, 1.165) is 14.7 Å². The molecule has 2 heterocycles. The predicted molar refractivity (Wildman–Crippen MR) is 127 cm³/mol. The van der Waals surface area contributed by atoms with Crippen LogP contribution in [0.2, 0.25) is 0 Å². The standard InChI is InChI=1S/C24H24N4O7/c1-3-34-23(32)13-4-7-15(8-5-13)28-20(25)19(22(31)27(2)24(28)33)26-21(30)18-10-6-14-12-16(29)9-11-17(14)35-18/h4-5,7-9,11-12,18,29H,3,6,10,25H2,1-2H3,(H,26,30). The number of benzene rings is 2. The molecule has 4 rings (SSSR count). The smallest absolute Gasteiger partial charge is 0.338 e. The zero-order valence-corrected chi connectivity index (χ0v) is 19.1. The van der Waals surface area contributed by atoms with Crippen LogP contribution in [0.4, 0.5) is 11.5 Å². The Labute approximate surface area is 199 Å². The van der Waals surface area contributed by atoms with Crippen molar-refractivity contribution in [1.82, 2.24) is 9.13 Å². The van der Waals surface area contributed by atoms with Crippen LogP contribution in [0.1, 0.15) is 29.3 Å². The summed E-state index contributed by atoms with van der Waals surface area (Å²) >= 11 is 0. The van der Waals surface area contributed by atoms with E-state index in [1.54, 1.807) is 19.1 Å². The largest absolute Gasteiger partial charge is 0.508 e. The van der Waals surface area contributed by atoms with Crippen LogP contribution in [0, 0.1) is 0 Å². The molecule has 0 radical (unpaired) electrons. The summed E-state index contributed by atoms with van der Waals surface area (Å²) in [7, 11) is 1.27. The van der Waals surface area contributed by atoms with Crippen molar-refractivity contribution < 1.29 is 24.2 Å². The molecule has 3 aromatic rings. The Kier molecular flexibility index (Phi) is 6.32. The van der Waals surface area contributed by atoms with Crippen LogP contribution in [0.15, 0.2) is 52.1 Å². The second-order valence-corrected chi connectivity index (χ2v) is 7.94. The molecule has 0 saturated carbocycles. The summed E-state index contributed by atoms with van der Waals surface area (Å²) in [6.45, 7) is 1.91. The lowest BCUT2D eigenvalue weighted by Gasteiger charge is -2.25. The Morgan fingerprint density at radius 1 is 1.20 bits per heavy atom. The van der Waals surface area contributed by atoms with Gasteiger partial charge in [0.05, 0.1) is 17.9 Å². The SMILES string of the molecule is CCOC(=O)c1ccc(-n2c(N)c(NC(=O)C3CCc4cc(O)ccc4O3)c(=O)n(C)c2=O)cc1. The molecular formula is C24H24N4O7. The van der Waals surface area contributed by atoms with E-state index in [2.05, 4.69) is 5.32 Å². The van der Waals surface area contributed by atoms with Crippen LogP contribution in [0.25, 0.3) is 5.69 Å². The van der Waals surface area contributed by atoms with E-state index >= 15 is 0 Å². The van der Waals surface area contributed by atoms with Gasteiger partial charge in [-0.05, 0) is 67.8 Å². The lowest BCUT2D eigenvalue weighted by atomic mass is 10.0. The molecule has 11 heteroatoms. The normalized spacial score (nSPS) is 14.5. The van der Waals surface area contributed by atoms with Crippen LogP contribution >= 0.6 is 0 Å². The zero-order valence-electron chi connectivity index (χ0n) is 19.1. The van der Waals surface area contributed by atoms with Gasteiger partial charge in [0.1, 0.15) is 23.0 Å². The number of nitrogens with two attached hydrogens (primary N) is 1. The van der Waals surface area contributed by atoms with Crippen molar-refractivity contribution in [3.8, 4) is 17.2 Å². The number of nitrogens with zero attached hydrogens (tertiary/aromatic N) is 2. The first kappa shape index (κ1) is 23.6. The number of hydrogen-bond donors (Lipinski definition) is 3. The highest BCUT2D eigenvalue weighted by molar-refractivity contribution is 5.96. The Morgan fingerprint density at radius 3 is 2.60 bits per heavy atom. The van der Waals surface area contributed by atoms with Gasteiger partial charge < -0.3 is 25.6 Å². The lowest BCUT2D eigenvalue weighted by molar-refractivity contribution is -0.123. The number of phenolic OH excluding ortho intramolecular Hbond substituents is 1. The molecule has 182 valence electrons. The Morgan fingerprint density at radius 2 is 1.91 bits per heavy atom. The molecule has 35 heavy (non-hydrogen) atoms. The van der Waals surface area contributed by atoms with Gasteiger partial charge in [0.15, 0.2) is 6.10 Å². The maximum absolute atomic E-state index is 12.9. The number of nitrogens with one attached hydrogen (secondary N) is 1. The Bertz CT molecular complexity index is 1420. The van der Waals surface area contributed by atoms with Crippen molar-refractivity contribution in [2.24, 2.45) is 7.05 Å². The van der Waals surface area contributed by atoms with Gasteiger partial charge in [-0.2, -0.15) is 0 Å². The van der Waals surface area contributed by atoms with E-state index in [1.807, 2.05) is 0 Å². The highest BCUT2D eigenvalue weighted by Gasteiger charge is 2.28. The first-order chi connectivity index (χ1) is 16.7. The van der Waals surface area contributed by atoms with E-state index in [1.165, 1.54) is 37.4 Å². The number of esters is 1. The fraction of sp³-hybridized carbons (Fsp3) is 0.250. The van der Waals surface area contributed by atoms with Gasteiger partial charge in [0.25, 0.3) is 11.5 Å². The fourth-order valence-corrected chi connectivity index (χ4v) is 3.82. The number of aromatic nitrogens is 2. The zero-order chi connectivity index (χ0) is 25.3. The van der Waals surface area contributed by atoms with Gasteiger partial charge in [-0.3, -0.25) is 14.2 Å². The molecule has 0 fully saturated rings. The molecule has 2 aromatic carbocycles. The molecule has 1 unspecified atom stereocenters. The number of amides is 1. The van der Waals surface area contributed by atoms with Crippen molar-refractivity contribution in [1.29, 1.82) is 0 Å². The second-order valence-electron chi connectivity index (χ2n) is 7.94. The van der Waals surface area contributed by atoms with E-state index < -0.39 is 29.2 Å². The summed E-state index contributed by atoms with van der Waals surface area (Å²) in [5, 5.41) is 12.1. The molecule has 1 aliphatic heterocycles. The van der Waals surface area contributed by atoms with E-state index in [4.69, 9.17) is 15.2 Å². The van der Waals surface area contributed by atoms with Gasteiger partial charge >= 0.3 is 11.7 Å². The molecule has 0 bridgehead atoms. The number of ether oxygens (including phenoxy) is 2. The molecule has 1 atom stereocenters. The van der Waals surface area contributed by atoms with Crippen LogP contribution in [-0.4, -0.2) is 38.8 Å². The first-order valence-corrected chi connectivity index (χ1v) is 10.9. The third kappa shape index (κ3) is 4.47. The highest BCUT2D eigenvalue weighted by Crippen LogP contribution is 2.31. The number of rotatable bonds is 5. The Balaban J connectivity index is 1.65. The average Bonchev–Trinajstić information content (AvgIpc) is 2.85. The van der Waals surface area contributed by atoms with Crippen LogP contribution in [0.5, 0.6) is 11.5 Å². The molecule has 0 aliphatic carbocycles. The molecule has 1 aromatic heterocycles. The molecule has 11 nitrogen and oxygen atoms in total. The van der Waals surface area contributed by atoms with Crippen molar-refractivity contribution in [3.63, 3.8) is 0 Å². The number of nitrogen functional groups attached to an aromatic ring is 1. The molecule has 4 N–H and O–H groups in total. The van der Waals surface area contributed by atoms with Crippen LogP contribution < -0.4 is 27.0 Å². The van der Waals surface area contributed by atoms with E-state index in [0.29, 0.717) is 18.6 Å². The van der Waals surface area contributed by atoms with Crippen molar-refractivity contribution in [2.45, 2.75) is 25.9 Å². The van der Waals surface area contributed by atoms with E-state index in [-0.39, 0.29) is 35.1 Å². The third-order valence-corrected chi connectivity index (χ3v) is 5.66. The fourth-order valence-electron chi connectivity index (χ4n) is 3.82. The van der Waals surface area contributed by atoms with Crippen molar-refractivity contribution in [2.75, 3.05) is 17.7 Å². The maximum Gasteiger partial charge on any atom is 0.338 e. The number of fused-ring (bicyclic) bond motifs is 1. The quantitative estimate of drug-likeness (QED) is 0.462. The molecule has 1 amide bonds. The topological polar surface area (TPSA) is 155 Å². The van der Waals surface area contributed by atoms with Gasteiger partial charge in [-0.1, -0.05) is 0 Å². The van der Waals surface area contributed by atoms with Gasteiger partial charge in [0, 0.05) is 7.05 Å². The number of hydrogen-bond acceptors (Lipinski definition) is 8. The number of phenols is 1. The van der Waals surface area contributed by atoms with Crippen molar-refractivity contribution in [3.05, 3.63) is 74.4 Å². The van der Waals surface area contributed by atoms with Crippen molar-refractivity contribution >= 4 is 23.4 Å². The number of carbonyl (C=O) groups is 2. The maximum atomic E-state index is 12.9. The molecular weight excluding hydrogens is 456 g/mol. The summed E-state index contributed by atoms with van der Waals surface area (Å²) in [6.07, 6.45) is -0.0978. The molecule has 0 spiro atoms. The number of anilines is 2.